The molecule has 0 aromatic carbocycles. The van der Waals surface area contributed by atoms with E-state index >= 15 is 0 Å². The summed E-state index contributed by atoms with van der Waals surface area (Å²) in [6.07, 6.45) is 4.07. The van der Waals surface area contributed by atoms with Crippen LogP contribution < -0.4 is 5.73 Å². The first-order valence-corrected chi connectivity index (χ1v) is 5.26. The molecule has 3 heteroatoms. The Kier molecular flexibility index (Phi) is 2.86. The van der Waals surface area contributed by atoms with Crippen molar-refractivity contribution in [1.82, 2.24) is 0 Å². The summed E-state index contributed by atoms with van der Waals surface area (Å²) >= 11 is 0. The van der Waals surface area contributed by atoms with Crippen LogP contribution in [0, 0.1) is 5.92 Å². The van der Waals surface area contributed by atoms with Crippen LogP contribution in [0.3, 0.4) is 0 Å². The molecule has 0 saturated carbocycles. The maximum absolute atomic E-state index is 6.14. The summed E-state index contributed by atoms with van der Waals surface area (Å²) in [5.41, 5.74) is 6.14. The van der Waals surface area contributed by atoms with Gasteiger partial charge in [0.2, 0.25) is 0 Å². The third kappa shape index (κ3) is 2.03. The van der Waals surface area contributed by atoms with Crippen LogP contribution in [0.25, 0.3) is 0 Å². The van der Waals surface area contributed by atoms with Crippen molar-refractivity contribution in [3.8, 4) is 0 Å². The summed E-state index contributed by atoms with van der Waals surface area (Å²) in [6.45, 7) is 3.83. The molecule has 2 heterocycles. The predicted octanol–water partition coefficient (Wildman–Crippen LogP) is 0.918. The van der Waals surface area contributed by atoms with Crippen molar-refractivity contribution >= 4 is 0 Å². The zero-order chi connectivity index (χ0) is 9.26. The second kappa shape index (κ2) is 3.95. The van der Waals surface area contributed by atoms with Gasteiger partial charge in [0.25, 0.3) is 0 Å². The molecular weight excluding hydrogens is 166 g/mol. The first-order chi connectivity index (χ1) is 6.27. The van der Waals surface area contributed by atoms with E-state index in [9.17, 15) is 0 Å². The zero-order valence-corrected chi connectivity index (χ0v) is 8.24. The van der Waals surface area contributed by atoms with Crippen molar-refractivity contribution in [1.29, 1.82) is 0 Å². The molecule has 2 aliphatic heterocycles. The second-order valence-electron chi connectivity index (χ2n) is 4.26. The Bertz CT molecular complexity index is 168. The van der Waals surface area contributed by atoms with Crippen molar-refractivity contribution in [2.45, 2.75) is 44.4 Å². The highest BCUT2D eigenvalue weighted by Gasteiger charge is 2.33. The van der Waals surface area contributed by atoms with E-state index in [-0.39, 0.29) is 12.1 Å². The Balaban J connectivity index is 1.85. The molecule has 3 nitrogen and oxygen atoms in total. The molecule has 4 atom stereocenters. The molecule has 0 aromatic rings. The molecule has 0 aliphatic carbocycles. The van der Waals surface area contributed by atoms with Gasteiger partial charge in [0.05, 0.1) is 18.8 Å². The van der Waals surface area contributed by atoms with E-state index in [0.717, 1.165) is 32.5 Å². The van der Waals surface area contributed by atoms with E-state index in [1.165, 1.54) is 0 Å². The fourth-order valence-electron chi connectivity index (χ4n) is 2.28. The molecule has 0 radical (unpaired) electrons. The van der Waals surface area contributed by atoms with Gasteiger partial charge in [-0.1, -0.05) is 0 Å². The average molecular weight is 185 g/mol. The summed E-state index contributed by atoms with van der Waals surface area (Å²) in [7, 11) is 0. The molecular formula is C10H19NO2. The molecule has 0 aromatic heterocycles. The highest BCUT2D eigenvalue weighted by atomic mass is 16.5. The summed E-state index contributed by atoms with van der Waals surface area (Å²) in [5.74, 6) is 0.523. The van der Waals surface area contributed by atoms with Crippen LogP contribution in [0.2, 0.25) is 0 Å². The van der Waals surface area contributed by atoms with Crippen LogP contribution in [0.4, 0.5) is 0 Å². The molecule has 2 fully saturated rings. The predicted molar refractivity (Wildman–Crippen MR) is 50.5 cm³/mol. The van der Waals surface area contributed by atoms with Crippen molar-refractivity contribution in [3.63, 3.8) is 0 Å². The maximum Gasteiger partial charge on any atom is 0.0734 e. The Morgan fingerprint density at radius 1 is 1.31 bits per heavy atom. The van der Waals surface area contributed by atoms with Crippen LogP contribution in [0.1, 0.15) is 26.2 Å². The Morgan fingerprint density at radius 3 is 2.69 bits per heavy atom. The maximum atomic E-state index is 6.14. The van der Waals surface area contributed by atoms with Gasteiger partial charge in [-0.25, -0.2) is 0 Å². The third-order valence-corrected chi connectivity index (χ3v) is 3.20. The van der Waals surface area contributed by atoms with E-state index in [2.05, 4.69) is 6.92 Å². The van der Waals surface area contributed by atoms with E-state index in [1.54, 1.807) is 0 Å². The number of ether oxygens (including phenoxy) is 2. The molecule has 4 unspecified atom stereocenters. The first kappa shape index (κ1) is 9.44. The Hall–Kier alpha value is -0.120. The molecule has 2 N–H and O–H groups in total. The molecule has 76 valence electrons. The monoisotopic (exact) mass is 185 g/mol. The SMILES string of the molecule is CC1CCC(C(N)C2CCOC2)O1. The Labute approximate surface area is 79.6 Å². The number of hydrogen-bond acceptors (Lipinski definition) is 3. The Morgan fingerprint density at radius 2 is 2.15 bits per heavy atom. The largest absolute Gasteiger partial charge is 0.381 e. The van der Waals surface area contributed by atoms with Gasteiger partial charge in [-0.3, -0.25) is 0 Å². The van der Waals surface area contributed by atoms with Crippen LogP contribution in [-0.2, 0) is 9.47 Å². The van der Waals surface area contributed by atoms with Crippen molar-refractivity contribution < 1.29 is 9.47 Å². The van der Waals surface area contributed by atoms with Gasteiger partial charge in [-0.15, -0.1) is 0 Å². The third-order valence-electron chi connectivity index (χ3n) is 3.20. The number of nitrogens with two attached hydrogens (primary N) is 1. The minimum atomic E-state index is 0.187. The van der Waals surface area contributed by atoms with Crippen molar-refractivity contribution in [2.24, 2.45) is 11.7 Å². The van der Waals surface area contributed by atoms with Gasteiger partial charge < -0.3 is 15.2 Å². The fraction of sp³-hybridized carbons (Fsp3) is 1.00. The van der Waals surface area contributed by atoms with E-state index in [0.29, 0.717) is 12.0 Å². The van der Waals surface area contributed by atoms with Crippen molar-refractivity contribution in [2.75, 3.05) is 13.2 Å². The minimum Gasteiger partial charge on any atom is -0.381 e. The highest BCUT2D eigenvalue weighted by molar-refractivity contribution is 4.86. The molecule has 2 saturated heterocycles. The molecule has 0 bridgehead atoms. The van der Waals surface area contributed by atoms with Gasteiger partial charge in [0.1, 0.15) is 0 Å². The highest BCUT2D eigenvalue weighted by Crippen LogP contribution is 2.27. The van der Waals surface area contributed by atoms with Crippen LogP contribution in [-0.4, -0.2) is 31.5 Å². The van der Waals surface area contributed by atoms with Gasteiger partial charge in [-0.05, 0) is 26.2 Å². The summed E-state index contributed by atoms with van der Waals surface area (Å²) in [4.78, 5) is 0. The lowest BCUT2D eigenvalue weighted by Gasteiger charge is -2.23. The normalized spacial score (nSPS) is 42.5. The lowest BCUT2D eigenvalue weighted by atomic mass is 9.94. The first-order valence-electron chi connectivity index (χ1n) is 5.26. The lowest BCUT2D eigenvalue weighted by molar-refractivity contribution is 0.0258. The van der Waals surface area contributed by atoms with Crippen molar-refractivity contribution in [3.05, 3.63) is 0 Å². The lowest BCUT2D eigenvalue weighted by Crippen LogP contribution is -2.41. The molecule has 13 heavy (non-hydrogen) atoms. The smallest absolute Gasteiger partial charge is 0.0734 e. The summed E-state index contributed by atoms with van der Waals surface area (Å²) < 4.78 is 11.1. The fourth-order valence-corrected chi connectivity index (χ4v) is 2.28. The van der Waals surface area contributed by atoms with Crippen LogP contribution in [0.5, 0.6) is 0 Å². The van der Waals surface area contributed by atoms with Gasteiger partial charge in [0, 0.05) is 18.6 Å². The molecule has 2 rings (SSSR count). The number of rotatable bonds is 2. The molecule has 0 amide bonds. The van der Waals surface area contributed by atoms with E-state index in [1.807, 2.05) is 0 Å². The van der Waals surface area contributed by atoms with E-state index in [4.69, 9.17) is 15.2 Å². The molecule has 2 aliphatic rings. The van der Waals surface area contributed by atoms with Crippen LogP contribution in [0.15, 0.2) is 0 Å². The zero-order valence-electron chi connectivity index (χ0n) is 8.24. The van der Waals surface area contributed by atoms with Gasteiger partial charge >= 0.3 is 0 Å². The average Bonchev–Trinajstić information content (AvgIpc) is 2.72. The van der Waals surface area contributed by atoms with Crippen LogP contribution >= 0.6 is 0 Å². The standard InChI is InChI=1S/C10H19NO2/c1-7-2-3-9(13-7)10(11)8-4-5-12-6-8/h7-10H,2-6,11H2,1H3. The molecule has 0 spiro atoms. The topological polar surface area (TPSA) is 44.5 Å². The number of hydrogen-bond donors (Lipinski definition) is 1. The quantitative estimate of drug-likeness (QED) is 0.695. The second-order valence-corrected chi connectivity index (χ2v) is 4.26. The van der Waals surface area contributed by atoms with Gasteiger partial charge in [0.15, 0.2) is 0 Å². The van der Waals surface area contributed by atoms with Gasteiger partial charge in [-0.2, -0.15) is 0 Å². The summed E-state index contributed by atoms with van der Waals surface area (Å²) in [5, 5.41) is 0. The summed E-state index contributed by atoms with van der Waals surface area (Å²) in [6, 6.07) is 0.187. The van der Waals surface area contributed by atoms with E-state index < -0.39 is 0 Å². The minimum absolute atomic E-state index is 0.187.